The molecule has 5 aromatic rings. The lowest BCUT2D eigenvalue weighted by molar-refractivity contribution is -0.185. The molecular weight excluding hydrogens is 491 g/mol. The summed E-state index contributed by atoms with van der Waals surface area (Å²) in [6, 6.07) is 14.8. The first-order chi connectivity index (χ1) is 17.0. The fourth-order valence-electron chi connectivity index (χ4n) is 4.22. The summed E-state index contributed by atoms with van der Waals surface area (Å²) in [6.45, 7) is 0. The first-order valence-corrected chi connectivity index (χ1v) is 11.9. The van der Waals surface area contributed by atoms with Crippen LogP contribution >= 0.6 is 23.3 Å². The van der Waals surface area contributed by atoms with Crippen LogP contribution in [0.2, 0.25) is 0 Å². The van der Waals surface area contributed by atoms with E-state index in [2.05, 4.69) is 18.3 Å². The van der Waals surface area contributed by atoms with Gasteiger partial charge in [0.15, 0.2) is 11.6 Å². The highest BCUT2D eigenvalue weighted by molar-refractivity contribution is 7.12. The van der Waals surface area contributed by atoms with E-state index in [-0.39, 0.29) is 28.9 Å². The van der Waals surface area contributed by atoms with Gasteiger partial charge < -0.3 is 14.6 Å². The number of esters is 1. The zero-order valence-electron chi connectivity index (χ0n) is 18.1. The number of aliphatic hydroxyl groups is 1. The Morgan fingerprint density at radius 2 is 1.89 bits per heavy atom. The highest BCUT2D eigenvalue weighted by Gasteiger charge is 2.48. The largest absolute Gasteiger partial charge is 0.494 e. The summed E-state index contributed by atoms with van der Waals surface area (Å²) in [6.07, 6.45) is 0.159. The van der Waals surface area contributed by atoms with E-state index in [0.717, 1.165) is 33.6 Å². The molecule has 0 spiro atoms. The van der Waals surface area contributed by atoms with Crippen molar-refractivity contribution in [3.8, 4) is 5.75 Å². The quantitative estimate of drug-likeness (QED) is 0.353. The third-order valence-corrected chi connectivity index (χ3v) is 7.18. The summed E-state index contributed by atoms with van der Waals surface area (Å²) in [5, 5.41) is 15.8. The van der Waals surface area contributed by atoms with E-state index < -0.39 is 17.6 Å². The number of cyclic esters (lactones) is 1. The average molecular weight is 507 g/mol. The van der Waals surface area contributed by atoms with Crippen molar-refractivity contribution in [2.75, 3.05) is 7.11 Å². The third kappa shape index (κ3) is 3.55. The molecule has 1 aliphatic heterocycles. The van der Waals surface area contributed by atoms with Crippen molar-refractivity contribution < 1.29 is 23.8 Å². The van der Waals surface area contributed by atoms with Gasteiger partial charge in [-0.2, -0.15) is 8.75 Å². The van der Waals surface area contributed by atoms with E-state index in [4.69, 9.17) is 9.47 Å². The number of ether oxygens (including phenoxy) is 2. The molecule has 6 rings (SSSR count). The van der Waals surface area contributed by atoms with Gasteiger partial charge >= 0.3 is 5.97 Å². The SMILES string of the molecule is COc1ccc(C2(O)OC(=O)C(c3ccc4nsnc4c3)=C2Cc2ccc3nnsc3c2)cc1F. The molecule has 0 fully saturated rings. The van der Waals surface area contributed by atoms with E-state index in [1.54, 1.807) is 18.2 Å². The fraction of sp³-hybridized carbons (Fsp3) is 0.125. The molecule has 8 nitrogen and oxygen atoms in total. The number of fused-ring (bicyclic) bond motifs is 2. The molecule has 1 atom stereocenters. The van der Waals surface area contributed by atoms with Crippen molar-refractivity contribution in [1.29, 1.82) is 0 Å². The Kier molecular flexibility index (Phi) is 5.06. The molecule has 2 aromatic heterocycles. The number of halogens is 1. The van der Waals surface area contributed by atoms with Gasteiger partial charge in [0.2, 0.25) is 0 Å². The molecule has 0 amide bonds. The maximum absolute atomic E-state index is 14.6. The summed E-state index contributed by atoms with van der Waals surface area (Å²) >= 11 is 2.31. The Morgan fingerprint density at radius 1 is 1.06 bits per heavy atom. The summed E-state index contributed by atoms with van der Waals surface area (Å²) in [4.78, 5) is 13.2. The van der Waals surface area contributed by atoms with Crippen molar-refractivity contribution >= 4 is 56.1 Å². The highest BCUT2D eigenvalue weighted by atomic mass is 32.1. The topological polar surface area (TPSA) is 107 Å². The van der Waals surface area contributed by atoms with Crippen molar-refractivity contribution in [1.82, 2.24) is 18.3 Å². The maximum Gasteiger partial charge on any atom is 0.342 e. The normalized spacial score (nSPS) is 18.0. The van der Waals surface area contributed by atoms with Gasteiger partial charge in [0.25, 0.3) is 5.79 Å². The lowest BCUT2D eigenvalue weighted by Crippen LogP contribution is -2.30. The van der Waals surface area contributed by atoms with Gasteiger partial charge in [0, 0.05) is 17.6 Å². The maximum atomic E-state index is 14.6. The smallest absolute Gasteiger partial charge is 0.342 e. The molecule has 3 heterocycles. The van der Waals surface area contributed by atoms with Crippen molar-refractivity contribution in [2.45, 2.75) is 12.2 Å². The minimum atomic E-state index is -2.18. The van der Waals surface area contributed by atoms with Gasteiger partial charge in [0.1, 0.15) is 16.6 Å². The molecule has 35 heavy (non-hydrogen) atoms. The molecule has 174 valence electrons. The second-order valence-corrected chi connectivity index (χ2v) is 9.27. The van der Waals surface area contributed by atoms with Crippen LogP contribution in [0, 0.1) is 5.82 Å². The molecule has 1 N–H and O–H groups in total. The summed E-state index contributed by atoms with van der Waals surface area (Å²) < 4.78 is 38.4. The van der Waals surface area contributed by atoms with E-state index in [0.29, 0.717) is 16.6 Å². The zero-order chi connectivity index (χ0) is 24.2. The van der Waals surface area contributed by atoms with Crippen LogP contribution in [0.1, 0.15) is 16.7 Å². The van der Waals surface area contributed by atoms with Gasteiger partial charge in [-0.15, -0.1) is 5.10 Å². The molecule has 0 aliphatic carbocycles. The monoisotopic (exact) mass is 506 g/mol. The van der Waals surface area contributed by atoms with Gasteiger partial charge in [0.05, 0.1) is 29.1 Å². The third-order valence-electron chi connectivity index (χ3n) is 5.93. The number of carbonyl (C=O) groups excluding carboxylic acids is 1. The number of hydrogen-bond acceptors (Lipinski definition) is 10. The molecule has 0 bridgehead atoms. The first kappa shape index (κ1) is 21.7. The first-order valence-electron chi connectivity index (χ1n) is 10.4. The summed E-state index contributed by atoms with van der Waals surface area (Å²) in [5.74, 6) is -3.58. The van der Waals surface area contributed by atoms with Gasteiger partial charge in [-0.1, -0.05) is 16.6 Å². The Balaban J connectivity index is 1.55. The highest BCUT2D eigenvalue weighted by Crippen LogP contribution is 2.45. The van der Waals surface area contributed by atoms with Crippen LogP contribution in [0.4, 0.5) is 4.39 Å². The molecule has 3 aromatic carbocycles. The Bertz CT molecular complexity index is 1660. The second kappa shape index (κ2) is 8.15. The lowest BCUT2D eigenvalue weighted by Gasteiger charge is -2.26. The van der Waals surface area contributed by atoms with Crippen LogP contribution in [0.5, 0.6) is 5.75 Å². The lowest BCUT2D eigenvalue weighted by atomic mass is 9.88. The number of aromatic nitrogens is 4. The number of carbonyl (C=O) groups is 1. The predicted octanol–water partition coefficient (Wildman–Crippen LogP) is 4.24. The van der Waals surface area contributed by atoms with E-state index in [1.807, 2.05) is 18.2 Å². The molecule has 0 saturated heterocycles. The Morgan fingerprint density at radius 3 is 2.71 bits per heavy atom. The van der Waals surface area contributed by atoms with Crippen LogP contribution in [0.25, 0.3) is 26.8 Å². The Hall–Kier alpha value is -3.80. The minimum Gasteiger partial charge on any atom is -0.494 e. The molecule has 11 heteroatoms. The standard InChI is InChI=1S/C24H15FN4O4S2/c1-32-20-7-4-14(11-16(20)25)24(31)15(8-12-2-5-18-21(9-12)34-29-26-18)22(23(30)33-24)13-3-6-17-19(10-13)28-35-27-17/h2-7,9-11,31H,8H2,1H3. The number of nitrogens with zero attached hydrogens (tertiary/aromatic N) is 4. The average Bonchev–Trinajstić information content (AvgIpc) is 3.57. The van der Waals surface area contributed by atoms with E-state index in [9.17, 15) is 14.3 Å². The zero-order valence-corrected chi connectivity index (χ0v) is 19.7. The Labute approximate surface area is 205 Å². The molecule has 1 aliphatic rings. The van der Waals surface area contributed by atoms with Crippen molar-refractivity contribution in [3.05, 3.63) is 82.7 Å². The molecular formula is C24H15FN4O4S2. The van der Waals surface area contributed by atoms with Gasteiger partial charge in [-0.05, 0) is 65.1 Å². The molecule has 1 unspecified atom stereocenters. The van der Waals surface area contributed by atoms with Crippen LogP contribution in [-0.4, -0.2) is 36.5 Å². The van der Waals surface area contributed by atoms with E-state index in [1.165, 1.54) is 30.8 Å². The van der Waals surface area contributed by atoms with Gasteiger partial charge in [-0.3, -0.25) is 0 Å². The number of hydrogen-bond donors (Lipinski definition) is 1. The predicted molar refractivity (Wildman–Crippen MR) is 128 cm³/mol. The summed E-state index contributed by atoms with van der Waals surface area (Å²) in [7, 11) is 1.35. The van der Waals surface area contributed by atoms with Crippen LogP contribution in [-0.2, 0) is 21.7 Å². The van der Waals surface area contributed by atoms with Crippen LogP contribution < -0.4 is 4.74 Å². The minimum absolute atomic E-state index is 0.0112. The molecule has 0 saturated carbocycles. The number of rotatable bonds is 5. The van der Waals surface area contributed by atoms with E-state index >= 15 is 0 Å². The number of methoxy groups -OCH3 is 1. The van der Waals surface area contributed by atoms with Gasteiger partial charge in [-0.25, -0.2) is 9.18 Å². The molecule has 0 radical (unpaired) electrons. The number of benzene rings is 3. The fourth-order valence-corrected chi connectivity index (χ4v) is 5.36. The second-order valence-electron chi connectivity index (χ2n) is 7.96. The van der Waals surface area contributed by atoms with Crippen LogP contribution in [0.15, 0.2) is 60.2 Å². The van der Waals surface area contributed by atoms with Crippen molar-refractivity contribution in [2.24, 2.45) is 0 Å². The van der Waals surface area contributed by atoms with Crippen LogP contribution in [0.3, 0.4) is 0 Å². The summed E-state index contributed by atoms with van der Waals surface area (Å²) in [5.41, 5.74) is 3.95. The van der Waals surface area contributed by atoms with Crippen molar-refractivity contribution in [3.63, 3.8) is 0 Å².